The summed E-state index contributed by atoms with van der Waals surface area (Å²) < 4.78 is 1.20. The fraction of sp³-hybridized carbons (Fsp3) is 0.500. The van der Waals surface area contributed by atoms with Gasteiger partial charge in [-0.25, -0.2) is 4.68 Å². The van der Waals surface area contributed by atoms with Crippen molar-refractivity contribution >= 4 is 11.9 Å². The van der Waals surface area contributed by atoms with Crippen LogP contribution in [0, 0.1) is 0 Å². The van der Waals surface area contributed by atoms with E-state index in [2.05, 4.69) is 15.6 Å². The van der Waals surface area contributed by atoms with Gasteiger partial charge in [0.15, 0.2) is 0 Å². The number of hydrogen-bond donors (Lipinski definition) is 2. The number of aliphatic carboxylic acids is 1. The third kappa shape index (κ3) is 3.75. The molecule has 0 atom stereocenters. The topological polar surface area (TPSA) is 97.1 Å². The maximum Gasteiger partial charge on any atom is 0.325 e. The van der Waals surface area contributed by atoms with Crippen LogP contribution in [0.15, 0.2) is 6.20 Å². The van der Waals surface area contributed by atoms with E-state index < -0.39 is 5.97 Å². The Morgan fingerprint density at radius 1 is 1.60 bits per heavy atom. The first-order valence-electron chi connectivity index (χ1n) is 4.49. The van der Waals surface area contributed by atoms with Gasteiger partial charge in [0.1, 0.15) is 12.2 Å². The van der Waals surface area contributed by atoms with Crippen LogP contribution < -0.4 is 5.32 Å². The highest BCUT2D eigenvalue weighted by Crippen LogP contribution is 1.92. The van der Waals surface area contributed by atoms with Gasteiger partial charge in [-0.2, -0.15) is 0 Å². The number of nitrogens with zero attached hydrogens (tertiary/aromatic N) is 3. The molecule has 1 aromatic heterocycles. The summed E-state index contributed by atoms with van der Waals surface area (Å²) in [4.78, 5) is 21.2. The van der Waals surface area contributed by atoms with Gasteiger partial charge in [0.25, 0.3) is 0 Å². The van der Waals surface area contributed by atoms with Crippen molar-refractivity contribution in [1.82, 2.24) is 20.3 Å². The van der Waals surface area contributed by atoms with E-state index in [0.717, 1.165) is 0 Å². The summed E-state index contributed by atoms with van der Waals surface area (Å²) in [5.74, 6) is -1.06. The number of amides is 1. The molecule has 0 bridgehead atoms. The van der Waals surface area contributed by atoms with Crippen LogP contribution in [0.1, 0.15) is 19.0 Å². The third-order valence-electron chi connectivity index (χ3n) is 1.67. The molecule has 0 saturated heterocycles. The lowest BCUT2D eigenvalue weighted by atomic mass is 10.4. The molecular formula is C8H12N4O3. The van der Waals surface area contributed by atoms with E-state index in [4.69, 9.17) is 5.11 Å². The molecule has 0 fully saturated rings. The highest BCUT2D eigenvalue weighted by molar-refractivity contribution is 5.75. The Balaban J connectivity index is 2.46. The molecule has 0 aliphatic carbocycles. The van der Waals surface area contributed by atoms with Gasteiger partial charge >= 0.3 is 5.97 Å². The number of aromatic nitrogens is 3. The summed E-state index contributed by atoms with van der Waals surface area (Å²) in [5.41, 5.74) is 0.540. The smallest absolute Gasteiger partial charge is 0.325 e. The lowest BCUT2D eigenvalue weighted by Gasteiger charge is -1.98. The van der Waals surface area contributed by atoms with Gasteiger partial charge in [-0.1, -0.05) is 12.1 Å². The van der Waals surface area contributed by atoms with Crippen molar-refractivity contribution in [3.8, 4) is 0 Å². The number of carbonyl (C=O) groups excluding carboxylic acids is 1. The van der Waals surface area contributed by atoms with Crippen LogP contribution in [0.3, 0.4) is 0 Å². The molecule has 2 N–H and O–H groups in total. The van der Waals surface area contributed by atoms with Crippen molar-refractivity contribution in [1.29, 1.82) is 0 Å². The first-order chi connectivity index (χ1) is 7.11. The average Bonchev–Trinajstić information content (AvgIpc) is 2.61. The molecule has 15 heavy (non-hydrogen) atoms. The Hall–Kier alpha value is -1.92. The van der Waals surface area contributed by atoms with E-state index in [9.17, 15) is 9.59 Å². The highest BCUT2D eigenvalue weighted by atomic mass is 16.4. The van der Waals surface area contributed by atoms with Crippen molar-refractivity contribution in [3.05, 3.63) is 11.9 Å². The number of rotatable bonds is 5. The highest BCUT2D eigenvalue weighted by Gasteiger charge is 2.04. The van der Waals surface area contributed by atoms with E-state index in [1.54, 1.807) is 6.92 Å². The van der Waals surface area contributed by atoms with Crippen LogP contribution >= 0.6 is 0 Å². The lowest BCUT2D eigenvalue weighted by molar-refractivity contribution is -0.138. The van der Waals surface area contributed by atoms with Gasteiger partial charge < -0.3 is 10.4 Å². The van der Waals surface area contributed by atoms with E-state index in [1.165, 1.54) is 10.9 Å². The van der Waals surface area contributed by atoms with Crippen molar-refractivity contribution in [2.24, 2.45) is 0 Å². The molecule has 0 aliphatic rings. The molecule has 1 aromatic rings. The standard InChI is InChI=1S/C8H12N4O3/c1-2-7(13)9-3-6-4-12(11-10-6)5-8(14)15/h4H,2-3,5H2,1H3,(H,9,13)(H,14,15). The molecule has 1 amide bonds. The SMILES string of the molecule is CCC(=O)NCc1cn(CC(=O)O)nn1. The van der Waals surface area contributed by atoms with Crippen LogP contribution in [-0.2, 0) is 22.7 Å². The second-order valence-corrected chi connectivity index (χ2v) is 2.93. The molecule has 7 heteroatoms. The summed E-state index contributed by atoms with van der Waals surface area (Å²) in [5, 5.41) is 18.4. The molecule has 1 rings (SSSR count). The third-order valence-corrected chi connectivity index (χ3v) is 1.67. The largest absolute Gasteiger partial charge is 0.480 e. The average molecular weight is 212 g/mol. The number of carboxylic acid groups (broad SMARTS) is 1. The Morgan fingerprint density at radius 2 is 2.33 bits per heavy atom. The van der Waals surface area contributed by atoms with Gasteiger partial charge in [-0.3, -0.25) is 9.59 Å². The summed E-state index contributed by atoms with van der Waals surface area (Å²) >= 11 is 0. The monoisotopic (exact) mass is 212 g/mol. The van der Waals surface area contributed by atoms with E-state index in [0.29, 0.717) is 12.1 Å². The summed E-state index contributed by atoms with van der Waals surface area (Å²) in [6.45, 7) is 1.79. The van der Waals surface area contributed by atoms with E-state index in [-0.39, 0.29) is 19.0 Å². The number of hydrogen-bond acceptors (Lipinski definition) is 4. The number of nitrogens with one attached hydrogen (secondary N) is 1. The maximum atomic E-state index is 10.9. The number of carboxylic acids is 1. The van der Waals surface area contributed by atoms with Gasteiger partial charge in [0.05, 0.1) is 12.7 Å². The molecule has 82 valence electrons. The zero-order valence-corrected chi connectivity index (χ0v) is 8.30. The molecule has 0 aromatic carbocycles. The van der Waals surface area contributed by atoms with Crippen LogP contribution in [-0.4, -0.2) is 32.0 Å². The van der Waals surface area contributed by atoms with Crippen molar-refractivity contribution in [3.63, 3.8) is 0 Å². The Morgan fingerprint density at radius 3 is 2.93 bits per heavy atom. The molecule has 0 saturated carbocycles. The van der Waals surface area contributed by atoms with Gasteiger partial charge in [-0.05, 0) is 0 Å². The van der Waals surface area contributed by atoms with Crippen LogP contribution in [0.25, 0.3) is 0 Å². The van der Waals surface area contributed by atoms with Crippen molar-refractivity contribution < 1.29 is 14.7 Å². The maximum absolute atomic E-state index is 10.9. The Labute approximate surface area is 86.1 Å². The van der Waals surface area contributed by atoms with E-state index in [1.807, 2.05) is 0 Å². The molecule has 1 heterocycles. The normalized spacial score (nSPS) is 9.93. The van der Waals surface area contributed by atoms with Gasteiger partial charge in [0, 0.05) is 6.42 Å². The van der Waals surface area contributed by atoms with Crippen LogP contribution in [0.5, 0.6) is 0 Å². The Bertz CT molecular complexity index is 361. The molecule has 0 spiro atoms. The lowest BCUT2D eigenvalue weighted by Crippen LogP contribution is -2.21. The van der Waals surface area contributed by atoms with Crippen LogP contribution in [0.2, 0.25) is 0 Å². The first kappa shape index (κ1) is 11.2. The minimum atomic E-state index is -0.982. The molecule has 0 radical (unpaired) electrons. The summed E-state index contributed by atoms with van der Waals surface area (Å²) in [6, 6.07) is 0. The minimum absolute atomic E-state index is 0.0808. The second kappa shape index (κ2) is 5.08. The quantitative estimate of drug-likeness (QED) is 0.678. The Kier molecular flexibility index (Phi) is 3.78. The van der Waals surface area contributed by atoms with Crippen molar-refractivity contribution in [2.75, 3.05) is 0 Å². The summed E-state index contributed by atoms with van der Waals surface area (Å²) in [6.07, 6.45) is 1.90. The molecule has 7 nitrogen and oxygen atoms in total. The molecule has 0 aliphatic heterocycles. The van der Waals surface area contributed by atoms with Gasteiger partial charge in [0.2, 0.25) is 5.91 Å². The molecule has 0 unspecified atom stereocenters. The van der Waals surface area contributed by atoms with Crippen molar-refractivity contribution in [2.45, 2.75) is 26.4 Å². The number of carbonyl (C=O) groups is 2. The zero-order chi connectivity index (χ0) is 11.3. The zero-order valence-electron chi connectivity index (χ0n) is 8.30. The molecular weight excluding hydrogens is 200 g/mol. The van der Waals surface area contributed by atoms with Gasteiger partial charge in [-0.15, -0.1) is 5.10 Å². The fourth-order valence-corrected chi connectivity index (χ4v) is 0.950. The second-order valence-electron chi connectivity index (χ2n) is 2.93. The fourth-order valence-electron chi connectivity index (χ4n) is 0.950. The predicted molar refractivity (Wildman–Crippen MR) is 49.8 cm³/mol. The first-order valence-corrected chi connectivity index (χ1v) is 4.49. The summed E-state index contributed by atoms with van der Waals surface area (Å²) in [7, 11) is 0. The van der Waals surface area contributed by atoms with Crippen LogP contribution in [0.4, 0.5) is 0 Å². The predicted octanol–water partition coefficient (Wildman–Crippen LogP) is -0.611. The minimum Gasteiger partial charge on any atom is -0.480 e. The van der Waals surface area contributed by atoms with E-state index >= 15 is 0 Å².